The van der Waals surface area contributed by atoms with Crippen LogP contribution in [-0.2, 0) is 4.74 Å². The number of rotatable bonds is 18. The maximum absolute atomic E-state index is 9.06. The molecule has 0 aromatic rings. The van der Waals surface area contributed by atoms with Gasteiger partial charge in [-0.3, -0.25) is 0 Å². The van der Waals surface area contributed by atoms with E-state index in [1.165, 1.54) is 89.9 Å². The molecule has 204 valence electrons. The van der Waals surface area contributed by atoms with E-state index in [0.29, 0.717) is 12.5 Å². The second-order valence-corrected chi connectivity index (χ2v) is 9.34. The lowest BCUT2D eigenvalue weighted by Crippen LogP contribution is -2.12. The van der Waals surface area contributed by atoms with E-state index < -0.39 is 6.29 Å². The SMILES string of the molecule is CC.CCCC.CCCCC.CCCCCCCC(C)CCC/C=C/CC(C)COC(C)O. The number of hydrogen-bond donors (Lipinski definition) is 1. The first-order chi connectivity index (χ1) is 15.9. The normalized spacial score (nSPS) is 13.1. The summed E-state index contributed by atoms with van der Waals surface area (Å²) >= 11 is 0. The van der Waals surface area contributed by atoms with Gasteiger partial charge < -0.3 is 9.84 Å². The van der Waals surface area contributed by atoms with Crippen LogP contribution in [0, 0.1) is 11.8 Å². The molecule has 0 saturated heterocycles. The summed E-state index contributed by atoms with van der Waals surface area (Å²) < 4.78 is 5.20. The summed E-state index contributed by atoms with van der Waals surface area (Å²) in [6.45, 7) is 21.9. The quantitative estimate of drug-likeness (QED) is 0.122. The molecular formula is C31H68O2. The number of ether oxygens (including phenoxy) is 1. The van der Waals surface area contributed by atoms with E-state index in [1.807, 2.05) is 13.8 Å². The number of allylic oxidation sites excluding steroid dienone is 2. The molecule has 0 bridgehead atoms. The van der Waals surface area contributed by atoms with E-state index in [9.17, 15) is 0 Å². The molecule has 0 aromatic carbocycles. The summed E-state index contributed by atoms with van der Waals surface area (Å²) in [5.74, 6) is 1.36. The largest absolute Gasteiger partial charge is 0.368 e. The number of aliphatic hydroxyl groups excluding tert-OH is 1. The van der Waals surface area contributed by atoms with Crippen LogP contribution in [-0.4, -0.2) is 18.0 Å². The highest BCUT2D eigenvalue weighted by molar-refractivity contribution is 4.83. The Kier molecular flexibility index (Phi) is 47.0. The van der Waals surface area contributed by atoms with E-state index in [-0.39, 0.29) is 0 Å². The Bertz CT molecular complexity index is 308. The van der Waals surface area contributed by atoms with Gasteiger partial charge in [-0.15, -0.1) is 0 Å². The fourth-order valence-corrected chi connectivity index (χ4v) is 3.00. The van der Waals surface area contributed by atoms with E-state index in [4.69, 9.17) is 9.84 Å². The van der Waals surface area contributed by atoms with Crippen LogP contribution >= 0.6 is 0 Å². The highest BCUT2D eigenvalue weighted by Gasteiger charge is 2.03. The van der Waals surface area contributed by atoms with Crippen molar-refractivity contribution in [2.45, 2.75) is 172 Å². The van der Waals surface area contributed by atoms with Gasteiger partial charge in [-0.2, -0.15) is 0 Å². The molecule has 3 unspecified atom stereocenters. The third-order valence-corrected chi connectivity index (χ3v) is 5.40. The minimum atomic E-state index is -0.644. The summed E-state index contributed by atoms with van der Waals surface area (Å²) in [7, 11) is 0. The number of hydrogen-bond acceptors (Lipinski definition) is 2. The lowest BCUT2D eigenvalue weighted by molar-refractivity contribution is -0.0944. The molecule has 3 atom stereocenters. The van der Waals surface area contributed by atoms with E-state index in [1.54, 1.807) is 6.92 Å². The molecule has 0 aliphatic rings. The van der Waals surface area contributed by atoms with Crippen molar-refractivity contribution in [3.8, 4) is 0 Å². The van der Waals surface area contributed by atoms with Gasteiger partial charge in [0.25, 0.3) is 0 Å². The molecule has 0 aliphatic carbocycles. The van der Waals surface area contributed by atoms with Crippen LogP contribution in [0.3, 0.4) is 0 Å². The van der Waals surface area contributed by atoms with Crippen LogP contribution < -0.4 is 0 Å². The van der Waals surface area contributed by atoms with Crippen LogP contribution in [0.4, 0.5) is 0 Å². The highest BCUT2D eigenvalue weighted by Crippen LogP contribution is 2.17. The van der Waals surface area contributed by atoms with E-state index in [0.717, 1.165) is 12.3 Å². The Hall–Kier alpha value is -0.340. The fraction of sp³-hybridized carbons (Fsp3) is 0.935. The van der Waals surface area contributed by atoms with Crippen molar-refractivity contribution in [2.24, 2.45) is 11.8 Å². The van der Waals surface area contributed by atoms with E-state index in [2.05, 4.69) is 60.6 Å². The molecule has 33 heavy (non-hydrogen) atoms. The first-order valence-corrected chi connectivity index (χ1v) is 14.8. The lowest BCUT2D eigenvalue weighted by Gasteiger charge is -2.11. The predicted octanol–water partition coefficient (Wildman–Crippen LogP) is 11.1. The minimum Gasteiger partial charge on any atom is -0.368 e. The zero-order valence-corrected chi connectivity index (χ0v) is 25.1. The first kappa shape index (κ1) is 39.9. The van der Waals surface area contributed by atoms with Gasteiger partial charge in [0.1, 0.15) is 0 Å². The third-order valence-electron chi connectivity index (χ3n) is 5.40. The third kappa shape index (κ3) is 49.8. The maximum Gasteiger partial charge on any atom is 0.151 e. The Morgan fingerprint density at radius 3 is 1.58 bits per heavy atom. The topological polar surface area (TPSA) is 29.5 Å². The Balaban J connectivity index is -0.000000317. The van der Waals surface area contributed by atoms with Gasteiger partial charge in [-0.05, 0) is 38.0 Å². The van der Waals surface area contributed by atoms with Crippen molar-refractivity contribution in [3.05, 3.63) is 12.2 Å². The number of aliphatic hydroxyl groups is 1. The molecule has 0 saturated carbocycles. The zero-order chi connectivity index (χ0) is 26.2. The molecule has 0 aromatic heterocycles. The summed E-state index contributed by atoms with van der Waals surface area (Å²) in [5, 5.41) is 9.06. The van der Waals surface area contributed by atoms with Crippen LogP contribution in [0.2, 0.25) is 0 Å². The molecule has 0 radical (unpaired) electrons. The monoisotopic (exact) mass is 473 g/mol. The summed E-state index contributed by atoms with van der Waals surface area (Å²) in [6, 6.07) is 0. The van der Waals surface area contributed by atoms with Crippen LogP contribution in [0.1, 0.15) is 166 Å². The molecular weight excluding hydrogens is 404 g/mol. The summed E-state index contributed by atoms with van der Waals surface area (Å²) in [4.78, 5) is 0. The fourth-order valence-electron chi connectivity index (χ4n) is 3.00. The van der Waals surface area contributed by atoms with Crippen molar-refractivity contribution < 1.29 is 9.84 Å². The first-order valence-electron chi connectivity index (χ1n) is 14.8. The highest BCUT2D eigenvalue weighted by atomic mass is 16.6. The van der Waals surface area contributed by atoms with E-state index >= 15 is 0 Å². The number of unbranched alkanes of at least 4 members (excludes halogenated alkanes) is 8. The molecule has 0 rings (SSSR count). The van der Waals surface area contributed by atoms with Crippen molar-refractivity contribution in [1.29, 1.82) is 0 Å². The summed E-state index contributed by atoms with van der Waals surface area (Å²) in [5.41, 5.74) is 0. The van der Waals surface area contributed by atoms with Crippen molar-refractivity contribution in [3.63, 3.8) is 0 Å². The molecule has 1 N–H and O–H groups in total. The molecule has 0 heterocycles. The second kappa shape index (κ2) is 38.9. The average molecular weight is 473 g/mol. The van der Waals surface area contributed by atoms with Crippen LogP contribution in [0.15, 0.2) is 12.2 Å². The minimum absolute atomic E-state index is 0.480. The smallest absolute Gasteiger partial charge is 0.151 e. The Labute approximate surface area is 212 Å². The lowest BCUT2D eigenvalue weighted by atomic mass is 9.96. The van der Waals surface area contributed by atoms with Gasteiger partial charge in [-0.1, -0.05) is 152 Å². The Morgan fingerprint density at radius 2 is 1.12 bits per heavy atom. The molecule has 0 spiro atoms. The molecule has 0 amide bonds. The van der Waals surface area contributed by atoms with Gasteiger partial charge in [0.15, 0.2) is 6.29 Å². The van der Waals surface area contributed by atoms with Gasteiger partial charge in [-0.25, -0.2) is 0 Å². The van der Waals surface area contributed by atoms with Crippen molar-refractivity contribution >= 4 is 0 Å². The maximum atomic E-state index is 9.06. The summed E-state index contributed by atoms with van der Waals surface area (Å²) in [6.07, 6.45) is 24.0. The Morgan fingerprint density at radius 1 is 0.606 bits per heavy atom. The van der Waals surface area contributed by atoms with Gasteiger partial charge >= 0.3 is 0 Å². The van der Waals surface area contributed by atoms with Crippen molar-refractivity contribution in [1.82, 2.24) is 0 Å². The van der Waals surface area contributed by atoms with Crippen molar-refractivity contribution in [2.75, 3.05) is 6.61 Å². The van der Waals surface area contributed by atoms with Crippen LogP contribution in [0.5, 0.6) is 0 Å². The average Bonchev–Trinajstić information content (AvgIpc) is 2.82. The zero-order valence-electron chi connectivity index (χ0n) is 25.1. The van der Waals surface area contributed by atoms with Gasteiger partial charge in [0, 0.05) is 0 Å². The van der Waals surface area contributed by atoms with Crippen LogP contribution in [0.25, 0.3) is 0 Å². The molecule has 0 fully saturated rings. The van der Waals surface area contributed by atoms with Gasteiger partial charge in [0.2, 0.25) is 0 Å². The molecule has 2 nitrogen and oxygen atoms in total. The standard InChI is InChI=1S/C20H40O2.C5H12.C4H10.C2H6/c1-5-6-7-8-11-14-18(2)15-12-9-10-13-16-19(3)17-22-20(4)21;1-3-5-4-2;1-3-4-2;1-2/h10,13,18-21H,5-9,11-12,14-17H2,1-4H3;3-5H2,1-2H3;3-4H2,1-2H3;1-2H3/b13-10+;;;. The second-order valence-electron chi connectivity index (χ2n) is 9.34. The molecule has 2 heteroatoms. The predicted molar refractivity (Wildman–Crippen MR) is 154 cm³/mol. The van der Waals surface area contributed by atoms with Gasteiger partial charge in [0.05, 0.1) is 6.61 Å². The molecule has 0 aliphatic heterocycles.